The normalized spacial score (nSPS) is 19.6. The average Bonchev–Trinajstić information content (AvgIpc) is 3.27. The fourth-order valence-electron chi connectivity index (χ4n) is 2.74. The molecule has 2 heterocycles. The predicted molar refractivity (Wildman–Crippen MR) is 97.1 cm³/mol. The van der Waals surface area contributed by atoms with Crippen molar-refractivity contribution in [3.05, 3.63) is 46.7 Å². The van der Waals surface area contributed by atoms with Crippen LogP contribution in [0.5, 0.6) is 5.75 Å². The number of aliphatic hydroxyl groups excluding tert-OH is 1. The maximum atomic E-state index is 12.5. The van der Waals surface area contributed by atoms with E-state index in [1.165, 1.54) is 0 Å². The van der Waals surface area contributed by atoms with Gasteiger partial charge in [0.05, 0.1) is 25.4 Å². The standard InChI is InChI=1S/C18H22N2O4S/c1-2-20(16-11-23-12-17(16)21)18(22)19-13-5-7-14(8-6-13)24-10-15-4-3-9-25-15/h3-9,16-17,21H,2,10-12H2,1H3,(H,19,22)/t16-,17-/m1/s1. The van der Waals surface area contributed by atoms with Crippen molar-refractivity contribution in [2.45, 2.75) is 25.7 Å². The van der Waals surface area contributed by atoms with Crippen molar-refractivity contribution >= 4 is 23.1 Å². The van der Waals surface area contributed by atoms with Gasteiger partial charge in [-0.1, -0.05) is 6.07 Å². The smallest absolute Gasteiger partial charge is 0.322 e. The lowest BCUT2D eigenvalue weighted by atomic mass is 10.2. The number of nitrogens with zero attached hydrogens (tertiary/aromatic N) is 1. The van der Waals surface area contributed by atoms with Crippen LogP contribution < -0.4 is 10.1 Å². The Balaban J connectivity index is 1.55. The van der Waals surface area contributed by atoms with E-state index in [9.17, 15) is 9.90 Å². The van der Waals surface area contributed by atoms with Crippen LogP contribution in [0, 0.1) is 0 Å². The van der Waals surface area contributed by atoms with Gasteiger partial charge in [-0.05, 0) is 42.6 Å². The van der Waals surface area contributed by atoms with Gasteiger partial charge >= 0.3 is 6.03 Å². The largest absolute Gasteiger partial charge is 0.488 e. The van der Waals surface area contributed by atoms with Crippen molar-refractivity contribution in [2.24, 2.45) is 0 Å². The van der Waals surface area contributed by atoms with Gasteiger partial charge in [-0.3, -0.25) is 0 Å². The Hall–Kier alpha value is -2.09. The second-order valence-electron chi connectivity index (χ2n) is 5.78. The molecule has 134 valence electrons. The molecule has 2 atom stereocenters. The maximum Gasteiger partial charge on any atom is 0.322 e. The molecular weight excluding hydrogens is 340 g/mol. The van der Waals surface area contributed by atoms with Crippen LogP contribution >= 0.6 is 11.3 Å². The molecule has 0 unspecified atom stereocenters. The summed E-state index contributed by atoms with van der Waals surface area (Å²) in [4.78, 5) is 15.2. The van der Waals surface area contributed by atoms with Crippen LogP contribution in [0.4, 0.5) is 10.5 Å². The molecule has 0 saturated carbocycles. The van der Waals surface area contributed by atoms with E-state index in [2.05, 4.69) is 5.32 Å². The summed E-state index contributed by atoms with van der Waals surface area (Å²) in [5.74, 6) is 0.748. The molecule has 1 fully saturated rings. The van der Waals surface area contributed by atoms with E-state index >= 15 is 0 Å². The maximum absolute atomic E-state index is 12.5. The third-order valence-electron chi connectivity index (χ3n) is 4.09. The number of rotatable bonds is 6. The Bertz CT molecular complexity index is 675. The van der Waals surface area contributed by atoms with Gasteiger partial charge in [0.15, 0.2) is 0 Å². The van der Waals surface area contributed by atoms with E-state index < -0.39 is 6.10 Å². The number of amides is 2. The quantitative estimate of drug-likeness (QED) is 0.829. The Morgan fingerprint density at radius 1 is 1.36 bits per heavy atom. The van der Waals surface area contributed by atoms with Gasteiger partial charge in [-0.2, -0.15) is 0 Å². The first-order valence-corrected chi connectivity index (χ1v) is 9.14. The molecule has 6 nitrogen and oxygen atoms in total. The summed E-state index contributed by atoms with van der Waals surface area (Å²) in [6, 6.07) is 10.7. The summed E-state index contributed by atoms with van der Waals surface area (Å²) in [7, 11) is 0. The Kier molecular flexibility index (Phi) is 5.91. The molecule has 0 radical (unpaired) electrons. The highest BCUT2D eigenvalue weighted by molar-refractivity contribution is 7.09. The molecular formula is C18H22N2O4S. The second kappa shape index (κ2) is 8.33. The van der Waals surface area contributed by atoms with E-state index in [1.807, 2.05) is 36.6 Å². The summed E-state index contributed by atoms with van der Waals surface area (Å²) in [5.41, 5.74) is 0.681. The number of anilines is 1. The van der Waals surface area contributed by atoms with Crippen molar-refractivity contribution in [3.8, 4) is 5.75 Å². The number of thiophene rings is 1. The zero-order valence-corrected chi connectivity index (χ0v) is 14.9. The molecule has 2 amide bonds. The zero-order chi connectivity index (χ0) is 17.6. The molecule has 1 aromatic carbocycles. The molecule has 1 aliphatic heterocycles. The number of likely N-dealkylation sites (N-methyl/N-ethyl adjacent to an activating group) is 1. The van der Waals surface area contributed by atoms with E-state index in [0.29, 0.717) is 25.4 Å². The third-order valence-corrected chi connectivity index (χ3v) is 4.94. The molecule has 3 rings (SSSR count). The topological polar surface area (TPSA) is 71.0 Å². The van der Waals surface area contributed by atoms with Crippen LogP contribution in [0.25, 0.3) is 0 Å². The molecule has 2 aromatic rings. The number of carbonyl (C=O) groups excluding carboxylic acids is 1. The van der Waals surface area contributed by atoms with Crippen molar-refractivity contribution < 1.29 is 19.4 Å². The van der Waals surface area contributed by atoms with E-state index in [4.69, 9.17) is 9.47 Å². The number of carbonyl (C=O) groups is 1. The Labute approximate surface area is 151 Å². The minimum atomic E-state index is -0.640. The van der Waals surface area contributed by atoms with Crippen LogP contribution in [0.15, 0.2) is 41.8 Å². The minimum Gasteiger partial charge on any atom is -0.488 e. The van der Waals surface area contributed by atoms with Crippen molar-refractivity contribution in [3.63, 3.8) is 0 Å². The van der Waals surface area contributed by atoms with Gasteiger partial charge in [0.2, 0.25) is 0 Å². The number of ether oxygens (including phenoxy) is 2. The SMILES string of the molecule is CCN(C(=O)Nc1ccc(OCc2cccs2)cc1)[C@@H]1COC[C@H]1O. The number of hydrogen-bond acceptors (Lipinski definition) is 5. The van der Waals surface area contributed by atoms with Gasteiger partial charge in [-0.25, -0.2) is 4.79 Å². The van der Waals surface area contributed by atoms with Crippen LogP contribution in [0.2, 0.25) is 0 Å². The highest BCUT2D eigenvalue weighted by atomic mass is 32.1. The first-order valence-electron chi connectivity index (χ1n) is 8.26. The molecule has 0 spiro atoms. The van der Waals surface area contributed by atoms with Gasteiger partial charge in [0.25, 0.3) is 0 Å². The molecule has 1 aromatic heterocycles. The summed E-state index contributed by atoms with van der Waals surface area (Å²) >= 11 is 1.65. The van der Waals surface area contributed by atoms with Gasteiger partial charge < -0.3 is 24.8 Å². The summed E-state index contributed by atoms with van der Waals surface area (Å²) < 4.78 is 11.0. The number of nitrogens with one attached hydrogen (secondary N) is 1. The van der Waals surface area contributed by atoms with Crippen LogP contribution in [-0.2, 0) is 11.3 Å². The molecule has 0 bridgehead atoms. The monoisotopic (exact) mass is 362 g/mol. The number of hydrogen-bond donors (Lipinski definition) is 2. The fraction of sp³-hybridized carbons (Fsp3) is 0.389. The molecule has 25 heavy (non-hydrogen) atoms. The molecule has 7 heteroatoms. The van der Waals surface area contributed by atoms with Gasteiger partial charge in [-0.15, -0.1) is 11.3 Å². The lowest BCUT2D eigenvalue weighted by Crippen LogP contribution is -2.48. The number of benzene rings is 1. The van der Waals surface area contributed by atoms with E-state index in [1.54, 1.807) is 28.4 Å². The van der Waals surface area contributed by atoms with Crippen molar-refractivity contribution in [1.29, 1.82) is 0 Å². The van der Waals surface area contributed by atoms with Crippen molar-refractivity contribution in [2.75, 3.05) is 25.1 Å². The first kappa shape index (κ1) is 17.7. The molecule has 1 saturated heterocycles. The highest BCUT2D eigenvalue weighted by Gasteiger charge is 2.33. The van der Waals surface area contributed by atoms with E-state index in [0.717, 1.165) is 10.6 Å². The predicted octanol–water partition coefficient (Wildman–Crippen LogP) is 2.94. The number of urea groups is 1. The summed E-state index contributed by atoms with van der Waals surface area (Å²) in [5, 5.41) is 14.8. The fourth-order valence-corrected chi connectivity index (χ4v) is 3.35. The molecule has 1 aliphatic rings. The highest BCUT2D eigenvalue weighted by Crippen LogP contribution is 2.20. The second-order valence-corrected chi connectivity index (χ2v) is 6.81. The van der Waals surface area contributed by atoms with Crippen LogP contribution in [0.3, 0.4) is 0 Å². The molecule has 0 aliphatic carbocycles. The summed E-state index contributed by atoms with van der Waals surface area (Å²) in [6.45, 7) is 3.54. The van der Waals surface area contributed by atoms with Gasteiger partial charge in [0.1, 0.15) is 12.4 Å². The lowest BCUT2D eigenvalue weighted by molar-refractivity contribution is 0.1000. The first-order chi connectivity index (χ1) is 12.2. The minimum absolute atomic E-state index is 0.246. The van der Waals surface area contributed by atoms with Crippen molar-refractivity contribution in [1.82, 2.24) is 4.90 Å². The third kappa shape index (κ3) is 4.50. The Morgan fingerprint density at radius 2 is 2.16 bits per heavy atom. The Morgan fingerprint density at radius 3 is 2.76 bits per heavy atom. The summed E-state index contributed by atoms with van der Waals surface area (Å²) in [6.07, 6.45) is -0.640. The average molecular weight is 362 g/mol. The zero-order valence-electron chi connectivity index (χ0n) is 14.1. The van der Waals surface area contributed by atoms with E-state index in [-0.39, 0.29) is 18.7 Å². The lowest BCUT2D eigenvalue weighted by Gasteiger charge is -2.28. The van der Waals surface area contributed by atoms with Crippen LogP contribution in [0.1, 0.15) is 11.8 Å². The van der Waals surface area contributed by atoms with Crippen LogP contribution in [-0.4, -0.2) is 47.9 Å². The van der Waals surface area contributed by atoms with Gasteiger partial charge in [0, 0.05) is 17.1 Å². The number of aliphatic hydroxyl groups is 1. The molecule has 2 N–H and O–H groups in total.